The second kappa shape index (κ2) is 9.11. The molecule has 2 aromatic heterocycles. The summed E-state index contributed by atoms with van der Waals surface area (Å²) in [5, 5.41) is 12.2. The maximum atomic E-state index is 13.4. The van der Waals surface area contributed by atoms with Crippen LogP contribution in [-0.2, 0) is 11.6 Å². The van der Waals surface area contributed by atoms with E-state index in [9.17, 15) is 23.2 Å². The van der Waals surface area contributed by atoms with Crippen LogP contribution in [-0.4, -0.2) is 25.8 Å². The molecule has 2 heterocycles. The molecule has 0 saturated carbocycles. The summed E-state index contributed by atoms with van der Waals surface area (Å²) < 4.78 is 40.3. The minimum atomic E-state index is -4.69. The van der Waals surface area contributed by atoms with E-state index < -0.39 is 29.1 Å². The van der Waals surface area contributed by atoms with Crippen molar-refractivity contribution in [1.29, 1.82) is 5.26 Å². The van der Waals surface area contributed by atoms with Crippen LogP contribution in [0.2, 0.25) is 5.15 Å². The van der Waals surface area contributed by atoms with Crippen LogP contribution in [0.15, 0.2) is 43.0 Å². The normalized spacial score (nSPS) is 12.7. The fourth-order valence-electron chi connectivity index (χ4n) is 2.99. The molecule has 3 aromatic rings. The number of halogens is 4. The lowest BCUT2D eigenvalue weighted by molar-refractivity contribution is -0.137. The molecule has 0 bridgehead atoms. The number of amides is 1. The molecule has 1 amide bonds. The predicted octanol–water partition coefficient (Wildman–Crippen LogP) is 4.90. The van der Waals surface area contributed by atoms with Crippen molar-refractivity contribution >= 4 is 17.5 Å². The first kappa shape index (κ1) is 24.1. The van der Waals surface area contributed by atoms with E-state index in [2.05, 4.69) is 25.3 Å². The van der Waals surface area contributed by atoms with Crippen molar-refractivity contribution in [1.82, 2.24) is 25.3 Å². The summed E-state index contributed by atoms with van der Waals surface area (Å²) in [6, 6.07) is 4.13. The van der Waals surface area contributed by atoms with Gasteiger partial charge in [0.05, 0.1) is 41.2 Å². The molecule has 1 N–H and O–H groups in total. The summed E-state index contributed by atoms with van der Waals surface area (Å²) in [5.74, 6) is -0.762. The van der Waals surface area contributed by atoms with E-state index >= 15 is 0 Å². The van der Waals surface area contributed by atoms with Crippen LogP contribution in [0.5, 0.6) is 0 Å². The minimum absolute atomic E-state index is 0.0780. The van der Waals surface area contributed by atoms with Crippen molar-refractivity contribution in [3.8, 4) is 17.5 Å². The Bertz CT molecular complexity index is 1220. The maximum Gasteiger partial charge on any atom is 0.416 e. The highest BCUT2D eigenvalue weighted by Gasteiger charge is 2.34. The van der Waals surface area contributed by atoms with Gasteiger partial charge in [0.2, 0.25) is 0 Å². The number of alkyl halides is 3. The van der Waals surface area contributed by atoms with Crippen LogP contribution in [0.3, 0.4) is 0 Å². The first-order valence-electron chi connectivity index (χ1n) is 9.66. The topological polar surface area (TPSA) is 104 Å². The second-order valence-corrected chi connectivity index (χ2v) is 8.13. The Morgan fingerprint density at radius 1 is 1.06 bits per heavy atom. The van der Waals surface area contributed by atoms with Gasteiger partial charge in [0, 0.05) is 18.0 Å². The molecule has 0 fully saturated rings. The van der Waals surface area contributed by atoms with E-state index in [0.717, 1.165) is 12.1 Å². The Labute approximate surface area is 192 Å². The van der Waals surface area contributed by atoms with E-state index in [1.807, 2.05) is 6.07 Å². The lowest BCUT2D eigenvalue weighted by Crippen LogP contribution is -2.29. The van der Waals surface area contributed by atoms with Crippen molar-refractivity contribution < 1.29 is 18.0 Å². The molecular formula is C22H18ClF3N6O. The number of carbonyl (C=O) groups excluding carboxylic acids is 1. The van der Waals surface area contributed by atoms with Gasteiger partial charge in [-0.05, 0) is 44.5 Å². The van der Waals surface area contributed by atoms with Gasteiger partial charge in [-0.3, -0.25) is 14.8 Å². The molecule has 7 nitrogen and oxygen atoms in total. The van der Waals surface area contributed by atoms with Crippen LogP contribution >= 0.6 is 11.6 Å². The first-order valence-corrected chi connectivity index (χ1v) is 10.0. The maximum absolute atomic E-state index is 13.4. The fourth-order valence-corrected chi connectivity index (χ4v) is 3.09. The standard InChI is InChI=1S/C22H18ClF3N6O/c1-12(18-19(29-5-4-28-18)16-9-31-17(23)10-30-16)32-20(33)13-6-14(21(2,3)11-27)8-15(7-13)22(24,25)26/h4-10,12H,1-3H3,(H,32,33). The molecule has 0 aliphatic carbocycles. The smallest absolute Gasteiger partial charge is 0.344 e. The number of hydrogen-bond donors (Lipinski definition) is 1. The second-order valence-electron chi connectivity index (χ2n) is 7.74. The summed E-state index contributed by atoms with van der Waals surface area (Å²) in [5.41, 5.74) is -1.36. The highest BCUT2D eigenvalue weighted by molar-refractivity contribution is 6.29. The Morgan fingerprint density at radius 3 is 2.33 bits per heavy atom. The van der Waals surface area contributed by atoms with Gasteiger partial charge in [-0.2, -0.15) is 18.4 Å². The molecule has 1 atom stereocenters. The number of nitrogens with zero attached hydrogens (tertiary/aromatic N) is 5. The zero-order valence-corrected chi connectivity index (χ0v) is 18.5. The number of nitrogens with one attached hydrogen (secondary N) is 1. The molecule has 0 radical (unpaired) electrons. The van der Waals surface area contributed by atoms with Crippen LogP contribution in [0.25, 0.3) is 11.4 Å². The number of carbonyl (C=O) groups is 1. The van der Waals surface area contributed by atoms with Crippen molar-refractivity contribution in [2.75, 3.05) is 0 Å². The van der Waals surface area contributed by atoms with Crippen LogP contribution in [0.4, 0.5) is 13.2 Å². The van der Waals surface area contributed by atoms with Crippen molar-refractivity contribution in [3.63, 3.8) is 0 Å². The van der Waals surface area contributed by atoms with E-state index in [4.69, 9.17) is 11.6 Å². The van der Waals surface area contributed by atoms with Crippen molar-refractivity contribution in [3.05, 3.63) is 70.5 Å². The summed E-state index contributed by atoms with van der Waals surface area (Å²) in [6.07, 6.45) is 0.899. The van der Waals surface area contributed by atoms with Crippen molar-refractivity contribution in [2.45, 2.75) is 38.4 Å². The third kappa shape index (κ3) is 5.43. The van der Waals surface area contributed by atoms with Gasteiger partial charge in [-0.25, -0.2) is 9.97 Å². The van der Waals surface area contributed by atoms with Gasteiger partial charge in [-0.15, -0.1) is 0 Å². The number of rotatable bonds is 5. The molecule has 33 heavy (non-hydrogen) atoms. The van der Waals surface area contributed by atoms with Gasteiger partial charge >= 0.3 is 6.18 Å². The largest absolute Gasteiger partial charge is 0.416 e. The quantitative estimate of drug-likeness (QED) is 0.564. The Kier molecular flexibility index (Phi) is 6.65. The Balaban J connectivity index is 1.96. The van der Waals surface area contributed by atoms with Crippen LogP contribution < -0.4 is 5.32 Å². The third-order valence-corrected chi connectivity index (χ3v) is 5.07. The summed E-state index contributed by atoms with van der Waals surface area (Å²) in [4.78, 5) is 29.5. The van der Waals surface area contributed by atoms with Gasteiger partial charge in [0.1, 0.15) is 16.5 Å². The average Bonchev–Trinajstić information content (AvgIpc) is 2.78. The number of aromatic nitrogens is 4. The van der Waals surface area contributed by atoms with Crippen LogP contribution in [0.1, 0.15) is 54.0 Å². The highest BCUT2D eigenvalue weighted by Crippen LogP contribution is 2.34. The Hall–Kier alpha value is -3.58. The lowest BCUT2D eigenvalue weighted by atomic mass is 9.84. The average molecular weight is 475 g/mol. The molecule has 0 saturated heterocycles. The molecule has 1 unspecified atom stereocenters. The fraction of sp³-hybridized carbons (Fsp3) is 0.273. The van der Waals surface area contributed by atoms with Crippen molar-refractivity contribution in [2.24, 2.45) is 0 Å². The number of benzene rings is 1. The lowest BCUT2D eigenvalue weighted by Gasteiger charge is -2.20. The third-order valence-electron chi connectivity index (χ3n) is 4.87. The predicted molar refractivity (Wildman–Crippen MR) is 114 cm³/mol. The molecule has 170 valence electrons. The van der Waals surface area contributed by atoms with E-state index in [-0.39, 0.29) is 16.3 Å². The minimum Gasteiger partial charge on any atom is -0.344 e. The number of hydrogen-bond acceptors (Lipinski definition) is 6. The van der Waals surface area contributed by atoms with E-state index in [0.29, 0.717) is 17.1 Å². The number of nitriles is 1. The highest BCUT2D eigenvalue weighted by atomic mass is 35.5. The Morgan fingerprint density at radius 2 is 1.73 bits per heavy atom. The summed E-state index contributed by atoms with van der Waals surface area (Å²) in [7, 11) is 0. The molecular weight excluding hydrogens is 457 g/mol. The molecule has 1 aromatic carbocycles. The van der Waals surface area contributed by atoms with Gasteiger partial charge in [-0.1, -0.05) is 11.6 Å². The molecule has 3 rings (SSSR count). The molecule has 0 aliphatic heterocycles. The van der Waals surface area contributed by atoms with Crippen LogP contribution in [0, 0.1) is 11.3 Å². The molecule has 0 aliphatic rings. The zero-order chi connectivity index (χ0) is 24.4. The van der Waals surface area contributed by atoms with E-state index in [1.165, 1.54) is 44.7 Å². The van der Waals surface area contributed by atoms with Gasteiger partial charge in [0.25, 0.3) is 5.91 Å². The van der Waals surface area contributed by atoms with Gasteiger partial charge in [0.15, 0.2) is 0 Å². The SMILES string of the molecule is CC(NC(=O)c1cc(C(F)(F)F)cc(C(C)(C)C#N)c1)c1nccnc1-c1cnc(Cl)cn1. The summed E-state index contributed by atoms with van der Waals surface area (Å²) >= 11 is 5.77. The zero-order valence-electron chi connectivity index (χ0n) is 17.8. The van der Waals surface area contributed by atoms with Gasteiger partial charge < -0.3 is 5.32 Å². The monoisotopic (exact) mass is 474 g/mol. The molecule has 11 heteroatoms. The van der Waals surface area contributed by atoms with E-state index in [1.54, 1.807) is 6.92 Å². The molecule has 0 spiro atoms. The first-order chi connectivity index (χ1) is 15.4. The summed E-state index contributed by atoms with van der Waals surface area (Å²) in [6.45, 7) is 4.57.